The summed E-state index contributed by atoms with van der Waals surface area (Å²) in [6.45, 7) is 0.764. The summed E-state index contributed by atoms with van der Waals surface area (Å²) >= 11 is 0. The van der Waals surface area contributed by atoms with Crippen LogP contribution in [0.25, 0.3) is 0 Å². The van der Waals surface area contributed by atoms with Crippen LogP contribution in [0.4, 0.5) is 0 Å². The average Bonchev–Trinajstić information content (AvgIpc) is 2.51. The van der Waals surface area contributed by atoms with Gasteiger partial charge in [-0.05, 0) is 31.4 Å². The number of unbranched alkanes of at least 4 members (excludes halogenated alkanes) is 1. The maximum absolute atomic E-state index is 11.9. The first kappa shape index (κ1) is 18.6. The molecule has 0 saturated carbocycles. The fourth-order valence-electron chi connectivity index (χ4n) is 2.20. The topological polar surface area (TPSA) is 122 Å². The van der Waals surface area contributed by atoms with E-state index in [1.807, 2.05) is 30.3 Å². The lowest BCUT2D eigenvalue weighted by molar-refractivity contribution is -0.122. The van der Waals surface area contributed by atoms with Crippen LogP contribution in [0.15, 0.2) is 30.3 Å². The van der Waals surface area contributed by atoms with E-state index in [4.69, 9.17) is 11.5 Å². The lowest BCUT2D eigenvalue weighted by Gasteiger charge is -2.18. The van der Waals surface area contributed by atoms with E-state index >= 15 is 0 Å². The van der Waals surface area contributed by atoms with Crippen LogP contribution in [0.5, 0.6) is 0 Å². The van der Waals surface area contributed by atoms with Crippen LogP contribution >= 0.6 is 0 Å². The van der Waals surface area contributed by atoms with Gasteiger partial charge in [0.05, 0.1) is 6.04 Å². The molecule has 0 spiro atoms. The molecule has 22 heavy (non-hydrogen) atoms. The van der Waals surface area contributed by atoms with E-state index in [0.29, 0.717) is 19.4 Å². The van der Waals surface area contributed by atoms with Gasteiger partial charge >= 0.3 is 7.12 Å². The highest BCUT2D eigenvalue weighted by Gasteiger charge is 2.25. The SMILES string of the molecule is NCCCC[C@@H](N)C(=O)NCC(Cc1ccccc1)B(O)O. The number of hydrogen-bond donors (Lipinski definition) is 5. The second-order valence-electron chi connectivity index (χ2n) is 5.50. The lowest BCUT2D eigenvalue weighted by Crippen LogP contribution is -2.43. The second-order valence-corrected chi connectivity index (χ2v) is 5.50. The Morgan fingerprint density at radius 3 is 2.50 bits per heavy atom. The van der Waals surface area contributed by atoms with Gasteiger partial charge in [-0.1, -0.05) is 36.8 Å². The number of nitrogens with one attached hydrogen (secondary N) is 1. The van der Waals surface area contributed by atoms with Crippen molar-refractivity contribution in [3.8, 4) is 0 Å². The molecule has 0 aliphatic carbocycles. The molecule has 1 unspecified atom stereocenters. The summed E-state index contributed by atoms with van der Waals surface area (Å²) < 4.78 is 0. The predicted molar refractivity (Wildman–Crippen MR) is 88.0 cm³/mol. The van der Waals surface area contributed by atoms with E-state index in [2.05, 4.69) is 5.32 Å². The third-order valence-electron chi connectivity index (χ3n) is 3.61. The molecule has 1 amide bonds. The molecular formula is C15H26BN3O3. The first-order valence-corrected chi connectivity index (χ1v) is 7.68. The normalized spacial score (nSPS) is 13.5. The van der Waals surface area contributed by atoms with Gasteiger partial charge in [0.15, 0.2) is 0 Å². The predicted octanol–water partition coefficient (Wildman–Crippen LogP) is -0.355. The highest BCUT2D eigenvalue weighted by molar-refractivity contribution is 6.43. The molecule has 0 aliphatic heterocycles. The molecule has 1 rings (SSSR count). The Hall–Kier alpha value is -1.41. The average molecular weight is 307 g/mol. The van der Waals surface area contributed by atoms with Crippen molar-refractivity contribution in [3.63, 3.8) is 0 Å². The highest BCUT2D eigenvalue weighted by atomic mass is 16.4. The van der Waals surface area contributed by atoms with Gasteiger partial charge in [-0.25, -0.2) is 0 Å². The molecule has 0 heterocycles. The van der Waals surface area contributed by atoms with E-state index in [0.717, 1.165) is 18.4 Å². The molecular weight excluding hydrogens is 281 g/mol. The summed E-state index contributed by atoms with van der Waals surface area (Å²) in [7, 11) is -1.49. The molecule has 2 atom stereocenters. The molecule has 0 aromatic heterocycles. The summed E-state index contributed by atoms with van der Waals surface area (Å²) in [5, 5.41) is 21.6. The third-order valence-corrected chi connectivity index (χ3v) is 3.61. The molecule has 6 nitrogen and oxygen atoms in total. The molecule has 0 bridgehead atoms. The van der Waals surface area contributed by atoms with Gasteiger partial charge in [0.1, 0.15) is 0 Å². The monoisotopic (exact) mass is 307 g/mol. The van der Waals surface area contributed by atoms with E-state index in [9.17, 15) is 14.8 Å². The largest absolute Gasteiger partial charge is 0.456 e. The minimum atomic E-state index is -1.49. The van der Waals surface area contributed by atoms with Gasteiger partial charge in [0.25, 0.3) is 0 Å². The van der Waals surface area contributed by atoms with Crippen LogP contribution in [0, 0.1) is 0 Å². The van der Waals surface area contributed by atoms with Crippen molar-refractivity contribution in [3.05, 3.63) is 35.9 Å². The van der Waals surface area contributed by atoms with Crippen molar-refractivity contribution in [1.29, 1.82) is 0 Å². The quantitative estimate of drug-likeness (QED) is 0.299. The number of rotatable bonds is 10. The third kappa shape index (κ3) is 7.04. The van der Waals surface area contributed by atoms with Crippen LogP contribution in [-0.2, 0) is 11.2 Å². The first-order chi connectivity index (χ1) is 10.5. The molecule has 0 radical (unpaired) electrons. The Kier molecular flexibility index (Phi) is 8.76. The first-order valence-electron chi connectivity index (χ1n) is 7.68. The number of hydrogen-bond acceptors (Lipinski definition) is 5. The van der Waals surface area contributed by atoms with Crippen LogP contribution in [0.1, 0.15) is 24.8 Å². The van der Waals surface area contributed by atoms with Crippen LogP contribution in [-0.4, -0.2) is 42.2 Å². The maximum Gasteiger partial charge on any atom is 0.456 e. The minimum absolute atomic E-state index is 0.177. The number of carbonyl (C=O) groups excluding carboxylic acids is 1. The van der Waals surface area contributed by atoms with Gasteiger partial charge in [-0.2, -0.15) is 0 Å². The molecule has 0 fully saturated rings. The zero-order chi connectivity index (χ0) is 16.4. The van der Waals surface area contributed by atoms with Crippen LogP contribution in [0.3, 0.4) is 0 Å². The smallest absolute Gasteiger partial charge is 0.427 e. The van der Waals surface area contributed by atoms with Crippen molar-refractivity contribution >= 4 is 13.0 Å². The standard InChI is InChI=1S/C15H26BN3O3/c17-9-5-4-8-14(18)15(20)19-11-13(16(21)22)10-12-6-2-1-3-7-12/h1-3,6-7,13-14,21-22H,4-5,8-11,17-18H2,(H,19,20)/t13?,14-/m1/s1. The fourth-order valence-corrected chi connectivity index (χ4v) is 2.20. The minimum Gasteiger partial charge on any atom is -0.427 e. The maximum atomic E-state index is 11.9. The van der Waals surface area contributed by atoms with Crippen molar-refractivity contribution in [1.82, 2.24) is 5.32 Å². The molecule has 122 valence electrons. The summed E-state index contributed by atoms with van der Waals surface area (Å²) in [6, 6.07) is 8.92. The van der Waals surface area contributed by atoms with Crippen LogP contribution < -0.4 is 16.8 Å². The van der Waals surface area contributed by atoms with Crippen molar-refractivity contribution in [2.75, 3.05) is 13.1 Å². The summed E-state index contributed by atoms with van der Waals surface area (Å²) in [4.78, 5) is 11.9. The summed E-state index contributed by atoms with van der Waals surface area (Å²) in [5.74, 6) is -0.738. The van der Waals surface area contributed by atoms with Crippen LogP contribution in [0.2, 0.25) is 5.82 Å². The molecule has 0 saturated heterocycles. The zero-order valence-electron chi connectivity index (χ0n) is 12.8. The Balaban J connectivity index is 2.42. The Labute approximate surface area is 132 Å². The van der Waals surface area contributed by atoms with Gasteiger partial charge in [0.2, 0.25) is 5.91 Å². The number of nitrogens with two attached hydrogens (primary N) is 2. The Bertz CT molecular complexity index is 431. The van der Waals surface area contributed by atoms with Gasteiger partial charge in [-0.3, -0.25) is 4.79 Å². The number of carbonyl (C=O) groups is 1. The molecule has 7 N–H and O–H groups in total. The summed E-state index contributed by atoms with van der Waals surface area (Å²) in [5.41, 5.74) is 12.2. The van der Waals surface area contributed by atoms with Crippen molar-refractivity contribution < 1.29 is 14.8 Å². The molecule has 7 heteroatoms. The Morgan fingerprint density at radius 1 is 1.23 bits per heavy atom. The fraction of sp³-hybridized carbons (Fsp3) is 0.533. The van der Waals surface area contributed by atoms with E-state index in [1.165, 1.54) is 0 Å². The molecule has 1 aromatic carbocycles. The van der Waals surface area contributed by atoms with Crippen molar-refractivity contribution in [2.45, 2.75) is 37.5 Å². The van der Waals surface area contributed by atoms with E-state index in [1.54, 1.807) is 0 Å². The highest BCUT2D eigenvalue weighted by Crippen LogP contribution is 2.14. The number of benzene rings is 1. The van der Waals surface area contributed by atoms with E-state index in [-0.39, 0.29) is 12.5 Å². The van der Waals surface area contributed by atoms with Gasteiger partial charge < -0.3 is 26.8 Å². The lowest BCUT2D eigenvalue weighted by atomic mass is 9.69. The van der Waals surface area contributed by atoms with Crippen molar-refractivity contribution in [2.24, 2.45) is 11.5 Å². The Morgan fingerprint density at radius 2 is 1.91 bits per heavy atom. The van der Waals surface area contributed by atoms with Gasteiger partial charge in [0, 0.05) is 12.4 Å². The second kappa shape index (κ2) is 10.3. The van der Waals surface area contributed by atoms with Gasteiger partial charge in [-0.15, -0.1) is 0 Å². The molecule has 1 aromatic rings. The summed E-state index contributed by atoms with van der Waals surface area (Å²) in [6.07, 6.45) is 2.70. The number of amides is 1. The molecule has 0 aliphatic rings. The van der Waals surface area contributed by atoms with E-state index < -0.39 is 19.0 Å². The zero-order valence-corrected chi connectivity index (χ0v) is 12.8.